The van der Waals surface area contributed by atoms with Crippen LogP contribution in [0.5, 0.6) is 5.75 Å². The zero-order chi connectivity index (χ0) is 14.4. The van der Waals surface area contributed by atoms with E-state index in [1.54, 1.807) is 7.11 Å². The molecule has 1 unspecified atom stereocenters. The van der Waals surface area contributed by atoms with Crippen LogP contribution in [0.15, 0.2) is 36.7 Å². The summed E-state index contributed by atoms with van der Waals surface area (Å²) in [5, 5.41) is 7.79. The first-order valence-electron chi connectivity index (χ1n) is 7.08. The van der Waals surface area contributed by atoms with Crippen LogP contribution in [0.4, 0.5) is 0 Å². The summed E-state index contributed by atoms with van der Waals surface area (Å²) >= 11 is 0. The Morgan fingerprint density at radius 3 is 2.80 bits per heavy atom. The normalized spacial score (nSPS) is 12.3. The second kappa shape index (κ2) is 7.10. The SMILES string of the molecule is CCC(NCCc1cnn(C)c1)c1ccccc1OC. The van der Waals surface area contributed by atoms with Gasteiger partial charge in [0.2, 0.25) is 0 Å². The molecule has 4 nitrogen and oxygen atoms in total. The Morgan fingerprint density at radius 1 is 1.35 bits per heavy atom. The highest BCUT2D eigenvalue weighted by atomic mass is 16.5. The first-order chi connectivity index (χ1) is 9.74. The van der Waals surface area contributed by atoms with Crippen LogP contribution in [0, 0.1) is 0 Å². The van der Waals surface area contributed by atoms with E-state index >= 15 is 0 Å². The topological polar surface area (TPSA) is 39.1 Å². The highest BCUT2D eigenvalue weighted by molar-refractivity contribution is 5.35. The zero-order valence-corrected chi connectivity index (χ0v) is 12.5. The summed E-state index contributed by atoms with van der Waals surface area (Å²) in [7, 11) is 3.67. The Hall–Kier alpha value is -1.81. The molecule has 20 heavy (non-hydrogen) atoms. The van der Waals surface area contributed by atoms with Crippen molar-refractivity contribution >= 4 is 0 Å². The Labute approximate surface area is 120 Å². The Morgan fingerprint density at radius 2 is 2.15 bits per heavy atom. The predicted octanol–water partition coefficient (Wildman–Crippen LogP) is 2.71. The summed E-state index contributed by atoms with van der Waals surface area (Å²) in [4.78, 5) is 0. The number of benzene rings is 1. The number of nitrogens with zero attached hydrogens (tertiary/aromatic N) is 2. The van der Waals surface area contributed by atoms with Gasteiger partial charge in [0.15, 0.2) is 0 Å². The highest BCUT2D eigenvalue weighted by Crippen LogP contribution is 2.26. The maximum atomic E-state index is 5.44. The number of nitrogens with one attached hydrogen (secondary N) is 1. The van der Waals surface area contributed by atoms with Crippen molar-refractivity contribution < 1.29 is 4.74 Å². The number of hydrogen-bond donors (Lipinski definition) is 1. The molecule has 0 saturated heterocycles. The number of aromatic nitrogens is 2. The third-order valence-corrected chi connectivity index (χ3v) is 3.49. The number of hydrogen-bond acceptors (Lipinski definition) is 3. The minimum atomic E-state index is 0.322. The molecule has 0 bridgehead atoms. The van der Waals surface area contributed by atoms with Crippen LogP contribution in [0.1, 0.15) is 30.5 Å². The molecule has 1 atom stereocenters. The maximum absolute atomic E-state index is 5.44. The molecule has 1 N–H and O–H groups in total. The number of ether oxygens (including phenoxy) is 1. The number of para-hydroxylation sites is 1. The van der Waals surface area contributed by atoms with Gasteiger partial charge in [-0.2, -0.15) is 5.10 Å². The van der Waals surface area contributed by atoms with Crippen molar-refractivity contribution in [3.63, 3.8) is 0 Å². The largest absolute Gasteiger partial charge is 0.496 e. The van der Waals surface area contributed by atoms with E-state index in [2.05, 4.69) is 35.7 Å². The molecule has 0 aliphatic heterocycles. The van der Waals surface area contributed by atoms with Crippen molar-refractivity contribution in [2.45, 2.75) is 25.8 Å². The summed E-state index contributed by atoms with van der Waals surface area (Å²) in [6, 6.07) is 8.53. The molecule has 4 heteroatoms. The molecule has 0 fully saturated rings. The molecule has 0 aliphatic carbocycles. The van der Waals surface area contributed by atoms with Gasteiger partial charge < -0.3 is 10.1 Å². The number of methoxy groups -OCH3 is 1. The average molecular weight is 273 g/mol. The van der Waals surface area contributed by atoms with E-state index in [1.807, 2.05) is 30.1 Å². The number of rotatable bonds is 7. The van der Waals surface area contributed by atoms with Gasteiger partial charge in [-0.15, -0.1) is 0 Å². The van der Waals surface area contributed by atoms with Crippen LogP contribution in [0.2, 0.25) is 0 Å². The second-order valence-electron chi connectivity index (χ2n) is 4.93. The van der Waals surface area contributed by atoms with Crippen molar-refractivity contribution in [1.82, 2.24) is 15.1 Å². The molecule has 1 heterocycles. The van der Waals surface area contributed by atoms with E-state index in [-0.39, 0.29) is 0 Å². The van der Waals surface area contributed by atoms with Crippen molar-refractivity contribution in [2.24, 2.45) is 7.05 Å². The van der Waals surface area contributed by atoms with Gasteiger partial charge >= 0.3 is 0 Å². The van der Waals surface area contributed by atoms with Crippen LogP contribution >= 0.6 is 0 Å². The summed E-state index contributed by atoms with van der Waals surface area (Å²) in [6.45, 7) is 3.12. The zero-order valence-electron chi connectivity index (χ0n) is 12.5. The lowest BCUT2D eigenvalue weighted by Gasteiger charge is -2.19. The molecule has 0 amide bonds. The molecular formula is C16H23N3O. The van der Waals surface area contributed by atoms with Gasteiger partial charge in [-0.3, -0.25) is 4.68 Å². The van der Waals surface area contributed by atoms with Crippen molar-refractivity contribution in [3.8, 4) is 5.75 Å². The van der Waals surface area contributed by atoms with Crippen LogP contribution in [-0.2, 0) is 13.5 Å². The minimum Gasteiger partial charge on any atom is -0.496 e. The average Bonchev–Trinajstić information content (AvgIpc) is 2.89. The van der Waals surface area contributed by atoms with E-state index in [0.717, 1.165) is 25.1 Å². The standard InChI is InChI=1S/C16H23N3O/c1-4-15(14-7-5-6-8-16(14)20-3)17-10-9-13-11-18-19(2)12-13/h5-8,11-12,15,17H,4,9-10H2,1-3H3. The maximum Gasteiger partial charge on any atom is 0.123 e. The first-order valence-corrected chi connectivity index (χ1v) is 7.08. The molecule has 0 aliphatic rings. The fraction of sp³-hybridized carbons (Fsp3) is 0.438. The molecule has 0 saturated carbocycles. The van der Waals surface area contributed by atoms with Crippen LogP contribution in [0.25, 0.3) is 0 Å². The predicted molar refractivity (Wildman–Crippen MR) is 80.9 cm³/mol. The van der Waals surface area contributed by atoms with Gasteiger partial charge in [0, 0.05) is 24.8 Å². The quantitative estimate of drug-likeness (QED) is 0.843. The van der Waals surface area contributed by atoms with Gasteiger partial charge in [-0.1, -0.05) is 25.1 Å². The van der Waals surface area contributed by atoms with Gasteiger partial charge in [0.1, 0.15) is 5.75 Å². The summed E-state index contributed by atoms with van der Waals surface area (Å²) < 4.78 is 7.28. The third-order valence-electron chi connectivity index (χ3n) is 3.49. The Bertz CT molecular complexity index is 536. The third kappa shape index (κ3) is 3.61. The summed E-state index contributed by atoms with van der Waals surface area (Å²) in [5.41, 5.74) is 2.48. The van der Waals surface area contributed by atoms with Crippen LogP contribution in [-0.4, -0.2) is 23.4 Å². The lowest BCUT2D eigenvalue weighted by molar-refractivity contribution is 0.397. The molecule has 2 aromatic rings. The summed E-state index contributed by atoms with van der Waals surface area (Å²) in [5.74, 6) is 0.952. The van der Waals surface area contributed by atoms with Gasteiger partial charge in [-0.05, 0) is 31.0 Å². The second-order valence-corrected chi connectivity index (χ2v) is 4.93. The lowest BCUT2D eigenvalue weighted by atomic mass is 10.0. The van der Waals surface area contributed by atoms with Crippen molar-refractivity contribution in [2.75, 3.05) is 13.7 Å². The Kier molecular flexibility index (Phi) is 5.18. The number of aryl methyl sites for hydroxylation is 1. The van der Waals surface area contributed by atoms with Gasteiger partial charge in [0.25, 0.3) is 0 Å². The molecule has 0 spiro atoms. The van der Waals surface area contributed by atoms with Gasteiger partial charge in [-0.25, -0.2) is 0 Å². The lowest BCUT2D eigenvalue weighted by Crippen LogP contribution is -2.23. The molecule has 1 aromatic heterocycles. The summed E-state index contributed by atoms with van der Waals surface area (Å²) in [6.07, 6.45) is 6.00. The fourth-order valence-corrected chi connectivity index (χ4v) is 2.42. The van der Waals surface area contributed by atoms with E-state index in [4.69, 9.17) is 4.74 Å². The smallest absolute Gasteiger partial charge is 0.123 e. The monoisotopic (exact) mass is 273 g/mol. The molecular weight excluding hydrogens is 250 g/mol. The molecule has 108 valence electrons. The molecule has 0 radical (unpaired) electrons. The highest BCUT2D eigenvalue weighted by Gasteiger charge is 2.13. The Balaban J connectivity index is 1.95. The van der Waals surface area contributed by atoms with E-state index in [9.17, 15) is 0 Å². The molecule has 2 rings (SSSR count). The van der Waals surface area contributed by atoms with Gasteiger partial charge in [0.05, 0.1) is 13.3 Å². The van der Waals surface area contributed by atoms with E-state index in [0.29, 0.717) is 6.04 Å². The van der Waals surface area contributed by atoms with Crippen molar-refractivity contribution in [1.29, 1.82) is 0 Å². The van der Waals surface area contributed by atoms with Crippen LogP contribution < -0.4 is 10.1 Å². The van der Waals surface area contributed by atoms with Crippen LogP contribution in [0.3, 0.4) is 0 Å². The van der Waals surface area contributed by atoms with Crippen molar-refractivity contribution in [3.05, 3.63) is 47.8 Å². The fourth-order valence-electron chi connectivity index (χ4n) is 2.42. The van der Waals surface area contributed by atoms with E-state index < -0.39 is 0 Å². The first kappa shape index (κ1) is 14.6. The molecule has 1 aromatic carbocycles. The minimum absolute atomic E-state index is 0.322. The van der Waals surface area contributed by atoms with E-state index in [1.165, 1.54) is 11.1 Å².